The van der Waals surface area contributed by atoms with Crippen molar-refractivity contribution in [2.45, 2.75) is 45.6 Å². The van der Waals surface area contributed by atoms with Crippen molar-refractivity contribution in [2.75, 3.05) is 7.05 Å². The molecule has 0 bridgehead atoms. The standard InChI is InChI=1S/C12H21N3O/c1-3-4-5-6-7-12(16)15(2)10-11-13-8-9-14-11/h8-9H,3-7,10H2,1-2H3,(H,13,14). The number of amides is 1. The summed E-state index contributed by atoms with van der Waals surface area (Å²) < 4.78 is 0. The Labute approximate surface area is 97.1 Å². The minimum absolute atomic E-state index is 0.201. The zero-order valence-corrected chi connectivity index (χ0v) is 10.2. The van der Waals surface area contributed by atoms with Crippen molar-refractivity contribution in [2.24, 2.45) is 0 Å². The molecule has 0 radical (unpaired) electrons. The predicted molar refractivity (Wildman–Crippen MR) is 63.8 cm³/mol. The summed E-state index contributed by atoms with van der Waals surface area (Å²) in [6.45, 7) is 2.74. The second kappa shape index (κ2) is 7.04. The molecule has 0 saturated carbocycles. The summed E-state index contributed by atoms with van der Waals surface area (Å²) in [5.41, 5.74) is 0. The molecule has 90 valence electrons. The van der Waals surface area contributed by atoms with Crippen LogP contribution >= 0.6 is 0 Å². The molecule has 0 unspecified atom stereocenters. The molecule has 16 heavy (non-hydrogen) atoms. The van der Waals surface area contributed by atoms with Gasteiger partial charge in [0.25, 0.3) is 0 Å². The van der Waals surface area contributed by atoms with Gasteiger partial charge in [0.05, 0.1) is 6.54 Å². The van der Waals surface area contributed by atoms with E-state index in [1.807, 2.05) is 7.05 Å². The Balaban J connectivity index is 2.20. The quantitative estimate of drug-likeness (QED) is 0.721. The summed E-state index contributed by atoms with van der Waals surface area (Å²) in [6.07, 6.45) is 8.69. The van der Waals surface area contributed by atoms with E-state index in [-0.39, 0.29) is 5.91 Å². The molecule has 0 aliphatic rings. The van der Waals surface area contributed by atoms with Gasteiger partial charge in [-0.1, -0.05) is 26.2 Å². The number of nitrogens with zero attached hydrogens (tertiary/aromatic N) is 2. The van der Waals surface area contributed by atoms with E-state index in [2.05, 4.69) is 16.9 Å². The van der Waals surface area contributed by atoms with Crippen LogP contribution in [0.5, 0.6) is 0 Å². The number of carbonyl (C=O) groups excluding carboxylic acids is 1. The van der Waals surface area contributed by atoms with Gasteiger partial charge in [0, 0.05) is 25.9 Å². The molecule has 4 nitrogen and oxygen atoms in total. The maximum atomic E-state index is 11.7. The van der Waals surface area contributed by atoms with Crippen LogP contribution in [-0.2, 0) is 11.3 Å². The summed E-state index contributed by atoms with van der Waals surface area (Å²) in [5, 5.41) is 0. The maximum absolute atomic E-state index is 11.7. The Morgan fingerprint density at radius 1 is 1.44 bits per heavy atom. The van der Waals surface area contributed by atoms with Gasteiger partial charge in [-0.3, -0.25) is 4.79 Å². The lowest BCUT2D eigenvalue weighted by Gasteiger charge is -2.15. The predicted octanol–water partition coefficient (Wildman–Crippen LogP) is 2.34. The largest absolute Gasteiger partial charge is 0.347 e. The third-order valence-corrected chi connectivity index (χ3v) is 2.61. The SMILES string of the molecule is CCCCCCC(=O)N(C)Cc1ncc[nH]1. The van der Waals surface area contributed by atoms with Gasteiger partial charge in [-0.05, 0) is 6.42 Å². The first-order chi connectivity index (χ1) is 7.74. The highest BCUT2D eigenvalue weighted by Gasteiger charge is 2.09. The Kier molecular flexibility index (Phi) is 5.61. The van der Waals surface area contributed by atoms with E-state index >= 15 is 0 Å². The van der Waals surface area contributed by atoms with Crippen LogP contribution in [0.25, 0.3) is 0 Å². The van der Waals surface area contributed by atoms with Crippen LogP contribution in [0.1, 0.15) is 44.9 Å². The van der Waals surface area contributed by atoms with Crippen molar-refractivity contribution in [1.82, 2.24) is 14.9 Å². The minimum atomic E-state index is 0.201. The number of aromatic nitrogens is 2. The Bertz CT molecular complexity index is 295. The van der Waals surface area contributed by atoms with Crippen LogP contribution < -0.4 is 0 Å². The summed E-state index contributed by atoms with van der Waals surface area (Å²) in [7, 11) is 1.82. The summed E-state index contributed by atoms with van der Waals surface area (Å²) in [5.74, 6) is 1.04. The van der Waals surface area contributed by atoms with E-state index in [0.29, 0.717) is 13.0 Å². The number of rotatable bonds is 7. The first-order valence-corrected chi connectivity index (χ1v) is 5.96. The summed E-state index contributed by atoms with van der Waals surface area (Å²) >= 11 is 0. The first-order valence-electron chi connectivity index (χ1n) is 5.96. The Morgan fingerprint density at radius 3 is 2.88 bits per heavy atom. The normalized spacial score (nSPS) is 10.4. The summed E-state index contributed by atoms with van der Waals surface area (Å²) in [6, 6.07) is 0. The van der Waals surface area contributed by atoms with Crippen molar-refractivity contribution in [3.63, 3.8) is 0 Å². The molecule has 0 fully saturated rings. The average molecular weight is 223 g/mol. The van der Waals surface area contributed by atoms with Crippen LogP contribution in [-0.4, -0.2) is 27.8 Å². The number of unbranched alkanes of at least 4 members (excludes halogenated alkanes) is 3. The molecule has 0 spiro atoms. The smallest absolute Gasteiger partial charge is 0.222 e. The molecule has 0 saturated heterocycles. The highest BCUT2D eigenvalue weighted by molar-refractivity contribution is 5.75. The van der Waals surface area contributed by atoms with Gasteiger partial charge in [0.2, 0.25) is 5.91 Å². The number of carbonyl (C=O) groups is 1. The van der Waals surface area contributed by atoms with Crippen molar-refractivity contribution in [3.8, 4) is 0 Å². The van der Waals surface area contributed by atoms with Gasteiger partial charge in [-0.15, -0.1) is 0 Å². The zero-order chi connectivity index (χ0) is 11.8. The van der Waals surface area contributed by atoms with Crippen LogP contribution in [0.4, 0.5) is 0 Å². The molecule has 1 aromatic rings. The molecular weight excluding hydrogens is 202 g/mol. The molecule has 1 rings (SSSR count). The monoisotopic (exact) mass is 223 g/mol. The van der Waals surface area contributed by atoms with E-state index in [1.165, 1.54) is 12.8 Å². The van der Waals surface area contributed by atoms with Crippen LogP contribution in [0, 0.1) is 0 Å². The van der Waals surface area contributed by atoms with Gasteiger partial charge < -0.3 is 9.88 Å². The Morgan fingerprint density at radius 2 is 2.25 bits per heavy atom. The summed E-state index contributed by atoms with van der Waals surface area (Å²) in [4.78, 5) is 20.5. The van der Waals surface area contributed by atoms with Crippen LogP contribution in [0.3, 0.4) is 0 Å². The third-order valence-electron chi connectivity index (χ3n) is 2.61. The van der Waals surface area contributed by atoms with Crippen molar-refractivity contribution < 1.29 is 4.79 Å². The van der Waals surface area contributed by atoms with E-state index < -0.39 is 0 Å². The first kappa shape index (κ1) is 12.7. The van der Waals surface area contributed by atoms with E-state index in [9.17, 15) is 4.79 Å². The molecule has 1 heterocycles. The van der Waals surface area contributed by atoms with E-state index in [1.54, 1.807) is 17.3 Å². The van der Waals surface area contributed by atoms with Gasteiger partial charge in [-0.25, -0.2) is 4.98 Å². The number of hydrogen-bond donors (Lipinski definition) is 1. The molecule has 4 heteroatoms. The number of hydrogen-bond acceptors (Lipinski definition) is 2. The van der Waals surface area contributed by atoms with Crippen molar-refractivity contribution >= 4 is 5.91 Å². The molecule has 0 aliphatic heterocycles. The van der Waals surface area contributed by atoms with Crippen molar-refractivity contribution in [3.05, 3.63) is 18.2 Å². The topological polar surface area (TPSA) is 49.0 Å². The molecule has 1 aromatic heterocycles. The van der Waals surface area contributed by atoms with E-state index in [4.69, 9.17) is 0 Å². The lowest BCUT2D eigenvalue weighted by Crippen LogP contribution is -2.26. The number of aromatic amines is 1. The van der Waals surface area contributed by atoms with Crippen LogP contribution in [0.15, 0.2) is 12.4 Å². The fraction of sp³-hybridized carbons (Fsp3) is 0.667. The second-order valence-corrected chi connectivity index (χ2v) is 4.10. The van der Waals surface area contributed by atoms with Gasteiger partial charge in [0.1, 0.15) is 5.82 Å². The fourth-order valence-electron chi connectivity index (χ4n) is 1.59. The second-order valence-electron chi connectivity index (χ2n) is 4.10. The number of nitrogens with one attached hydrogen (secondary N) is 1. The van der Waals surface area contributed by atoms with E-state index in [0.717, 1.165) is 18.7 Å². The maximum Gasteiger partial charge on any atom is 0.222 e. The highest BCUT2D eigenvalue weighted by Crippen LogP contribution is 2.05. The molecule has 0 atom stereocenters. The lowest BCUT2D eigenvalue weighted by molar-refractivity contribution is -0.130. The molecule has 0 aromatic carbocycles. The Hall–Kier alpha value is -1.32. The zero-order valence-electron chi connectivity index (χ0n) is 10.2. The van der Waals surface area contributed by atoms with Gasteiger partial charge in [-0.2, -0.15) is 0 Å². The number of H-pyrrole nitrogens is 1. The van der Waals surface area contributed by atoms with Gasteiger partial charge in [0.15, 0.2) is 0 Å². The average Bonchev–Trinajstić information content (AvgIpc) is 2.76. The lowest BCUT2D eigenvalue weighted by atomic mass is 10.1. The highest BCUT2D eigenvalue weighted by atomic mass is 16.2. The molecule has 1 amide bonds. The third kappa shape index (κ3) is 4.47. The molecular formula is C12H21N3O. The van der Waals surface area contributed by atoms with Crippen LogP contribution in [0.2, 0.25) is 0 Å². The minimum Gasteiger partial charge on any atom is -0.347 e. The molecule has 0 aliphatic carbocycles. The number of imidazole rings is 1. The molecule has 1 N–H and O–H groups in total. The van der Waals surface area contributed by atoms with Gasteiger partial charge >= 0.3 is 0 Å². The fourth-order valence-corrected chi connectivity index (χ4v) is 1.59. The van der Waals surface area contributed by atoms with Crippen molar-refractivity contribution in [1.29, 1.82) is 0 Å².